The number of halogens is 2. The summed E-state index contributed by atoms with van der Waals surface area (Å²) in [5.41, 5.74) is 4.64. The highest BCUT2D eigenvalue weighted by Crippen LogP contribution is 2.42. The molecular weight excluding hydrogens is 373 g/mol. The molecule has 0 saturated carbocycles. The maximum atomic E-state index is 11.2. The number of benzene rings is 2. The summed E-state index contributed by atoms with van der Waals surface area (Å²) in [6, 6.07) is 12.4. The molecule has 1 amide bonds. The Hall–Kier alpha value is -1.79. The summed E-state index contributed by atoms with van der Waals surface area (Å²) in [5, 5.41) is 7.12. The monoisotopic (exact) mass is 393 g/mol. The number of amides is 1. The van der Waals surface area contributed by atoms with Crippen LogP contribution in [0.5, 0.6) is 0 Å². The lowest BCUT2D eigenvalue weighted by molar-refractivity contribution is 0.147. The van der Waals surface area contributed by atoms with E-state index < -0.39 is 6.09 Å². The predicted octanol–water partition coefficient (Wildman–Crippen LogP) is 4.28. The van der Waals surface area contributed by atoms with Gasteiger partial charge in [0.05, 0.1) is 10.0 Å². The van der Waals surface area contributed by atoms with Gasteiger partial charge in [0.2, 0.25) is 0 Å². The molecule has 4 N–H and O–H groups in total. The average Bonchev–Trinajstić information content (AvgIpc) is 2.67. The number of carbonyl (C=O) groups excluding carboxylic acids is 1. The predicted molar refractivity (Wildman–Crippen MR) is 103 cm³/mol. The van der Waals surface area contributed by atoms with Crippen LogP contribution in [0.4, 0.5) is 4.79 Å². The van der Waals surface area contributed by atoms with Gasteiger partial charge in [-0.25, -0.2) is 4.79 Å². The van der Waals surface area contributed by atoms with E-state index in [1.54, 1.807) is 0 Å². The molecule has 3 rings (SSSR count). The fourth-order valence-corrected chi connectivity index (χ4v) is 3.90. The van der Waals surface area contributed by atoms with Gasteiger partial charge in [-0.15, -0.1) is 0 Å². The Kier molecular flexibility index (Phi) is 6.04. The van der Waals surface area contributed by atoms with Gasteiger partial charge in [-0.1, -0.05) is 47.5 Å². The molecule has 0 unspecified atom stereocenters. The molecule has 2 aromatic rings. The number of carbonyl (C=O) groups is 1. The van der Waals surface area contributed by atoms with E-state index in [2.05, 4.69) is 27.6 Å². The maximum absolute atomic E-state index is 11.2. The van der Waals surface area contributed by atoms with Crippen LogP contribution in [-0.4, -0.2) is 13.1 Å². The van der Waals surface area contributed by atoms with Crippen molar-refractivity contribution in [1.82, 2.24) is 10.6 Å². The Labute approximate surface area is 162 Å². The molecule has 7 heteroatoms. The zero-order valence-corrected chi connectivity index (χ0v) is 15.9. The van der Waals surface area contributed by atoms with Gasteiger partial charge in [0.25, 0.3) is 0 Å². The zero-order valence-electron chi connectivity index (χ0n) is 14.4. The van der Waals surface area contributed by atoms with Gasteiger partial charge in [-0.3, -0.25) is 0 Å². The standard InChI is InChI=1S/C19H21Cl2N3O2/c1-23-18-7-5-13(12-3-6-16(20)17(21)9-12)14-4-2-11(8-15(14)18)10-24-19(25)26-22/h2-4,6,8-9,13,18,23H,5,7,10,22H2,1H3,(H,24,25)/t13-,18-/m0/s1. The van der Waals surface area contributed by atoms with E-state index in [-0.39, 0.29) is 12.0 Å². The number of nitrogens with one attached hydrogen (secondary N) is 2. The second kappa shape index (κ2) is 8.27. The first-order valence-electron chi connectivity index (χ1n) is 8.43. The molecule has 0 radical (unpaired) electrons. The Balaban J connectivity index is 1.93. The Morgan fingerprint density at radius 1 is 1.15 bits per heavy atom. The van der Waals surface area contributed by atoms with Crippen LogP contribution < -0.4 is 16.5 Å². The van der Waals surface area contributed by atoms with Crippen molar-refractivity contribution >= 4 is 29.3 Å². The summed E-state index contributed by atoms with van der Waals surface area (Å²) in [6.45, 7) is 0.358. The number of rotatable bonds is 4. The normalized spacial score (nSPS) is 18.9. The van der Waals surface area contributed by atoms with Crippen molar-refractivity contribution in [2.24, 2.45) is 5.90 Å². The average molecular weight is 394 g/mol. The molecular formula is C19H21Cl2N3O2. The molecule has 0 saturated heterocycles. The molecule has 1 aliphatic carbocycles. The number of nitrogens with two attached hydrogens (primary N) is 1. The van der Waals surface area contributed by atoms with Gasteiger partial charge in [0, 0.05) is 18.5 Å². The van der Waals surface area contributed by atoms with Gasteiger partial charge < -0.3 is 15.5 Å². The van der Waals surface area contributed by atoms with Gasteiger partial charge in [-0.05, 0) is 54.3 Å². The highest BCUT2D eigenvalue weighted by atomic mass is 35.5. The van der Waals surface area contributed by atoms with Gasteiger partial charge in [-0.2, -0.15) is 5.90 Å². The SMILES string of the molecule is CN[C@H]1CC[C@@H](c2ccc(Cl)c(Cl)c2)c2ccc(CNC(=O)ON)cc21. The molecule has 0 aliphatic heterocycles. The summed E-state index contributed by atoms with van der Waals surface area (Å²) in [4.78, 5) is 15.3. The molecule has 0 aromatic heterocycles. The summed E-state index contributed by atoms with van der Waals surface area (Å²) in [5.74, 6) is 5.12. The lowest BCUT2D eigenvalue weighted by atomic mass is 9.76. The third-order valence-corrected chi connectivity index (χ3v) is 5.62. The van der Waals surface area contributed by atoms with Crippen molar-refractivity contribution < 1.29 is 9.63 Å². The molecule has 2 atom stereocenters. The molecule has 5 nitrogen and oxygen atoms in total. The molecule has 0 fully saturated rings. The lowest BCUT2D eigenvalue weighted by Gasteiger charge is -2.32. The Bertz CT molecular complexity index is 813. The van der Waals surface area contributed by atoms with Crippen LogP contribution in [0.2, 0.25) is 10.0 Å². The fraction of sp³-hybridized carbons (Fsp3) is 0.316. The summed E-state index contributed by atoms with van der Waals surface area (Å²) in [7, 11) is 1.96. The highest BCUT2D eigenvalue weighted by molar-refractivity contribution is 6.42. The van der Waals surface area contributed by atoms with E-state index in [9.17, 15) is 4.79 Å². The quantitative estimate of drug-likeness (QED) is 0.677. The van der Waals surface area contributed by atoms with Crippen LogP contribution in [0.1, 0.15) is 47.1 Å². The van der Waals surface area contributed by atoms with E-state index in [1.165, 1.54) is 11.1 Å². The van der Waals surface area contributed by atoms with E-state index >= 15 is 0 Å². The summed E-state index contributed by atoms with van der Waals surface area (Å²) >= 11 is 12.3. The minimum absolute atomic E-state index is 0.264. The highest BCUT2D eigenvalue weighted by Gasteiger charge is 2.28. The van der Waals surface area contributed by atoms with E-state index in [0.717, 1.165) is 24.0 Å². The second-order valence-electron chi connectivity index (χ2n) is 6.37. The van der Waals surface area contributed by atoms with E-state index in [0.29, 0.717) is 16.6 Å². The zero-order chi connectivity index (χ0) is 18.7. The minimum atomic E-state index is -0.651. The molecule has 138 valence electrons. The minimum Gasteiger partial charge on any atom is -0.357 e. The first-order valence-corrected chi connectivity index (χ1v) is 9.18. The third kappa shape index (κ3) is 3.96. The first-order chi connectivity index (χ1) is 12.5. The van der Waals surface area contributed by atoms with Crippen molar-refractivity contribution in [2.45, 2.75) is 31.3 Å². The number of hydrogen-bond acceptors (Lipinski definition) is 4. The number of fused-ring (bicyclic) bond motifs is 1. The van der Waals surface area contributed by atoms with Crippen molar-refractivity contribution in [3.63, 3.8) is 0 Å². The van der Waals surface area contributed by atoms with Gasteiger partial charge >= 0.3 is 6.09 Å². The molecule has 1 aliphatic rings. The van der Waals surface area contributed by atoms with Crippen molar-refractivity contribution in [3.05, 3.63) is 68.7 Å². The largest absolute Gasteiger partial charge is 0.426 e. The van der Waals surface area contributed by atoms with Crippen molar-refractivity contribution in [1.29, 1.82) is 0 Å². The number of hydrogen-bond donors (Lipinski definition) is 3. The topological polar surface area (TPSA) is 76.4 Å². The molecule has 0 spiro atoms. The van der Waals surface area contributed by atoms with Gasteiger partial charge in [0.15, 0.2) is 0 Å². The molecule has 0 bridgehead atoms. The van der Waals surface area contributed by atoms with Crippen LogP contribution in [0.15, 0.2) is 36.4 Å². The molecule has 26 heavy (non-hydrogen) atoms. The Morgan fingerprint density at radius 3 is 2.65 bits per heavy atom. The van der Waals surface area contributed by atoms with Crippen LogP contribution >= 0.6 is 23.2 Å². The maximum Gasteiger partial charge on any atom is 0.426 e. The molecule has 2 aromatic carbocycles. The third-order valence-electron chi connectivity index (χ3n) is 4.88. The lowest BCUT2D eigenvalue weighted by Crippen LogP contribution is -2.27. The van der Waals surface area contributed by atoms with Crippen molar-refractivity contribution in [2.75, 3.05) is 7.05 Å². The second-order valence-corrected chi connectivity index (χ2v) is 7.18. The van der Waals surface area contributed by atoms with Crippen LogP contribution in [-0.2, 0) is 11.4 Å². The molecule has 0 heterocycles. The smallest absolute Gasteiger partial charge is 0.357 e. The van der Waals surface area contributed by atoms with E-state index in [4.69, 9.17) is 29.1 Å². The van der Waals surface area contributed by atoms with Gasteiger partial charge in [0.1, 0.15) is 0 Å². The summed E-state index contributed by atoms with van der Waals surface area (Å²) in [6.07, 6.45) is 1.38. The van der Waals surface area contributed by atoms with Crippen LogP contribution in [0.3, 0.4) is 0 Å². The fourth-order valence-electron chi connectivity index (χ4n) is 3.59. The first kappa shape index (κ1) is 19.0. The summed E-state index contributed by atoms with van der Waals surface area (Å²) < 4.78 is 0. The Morgan fingerprint density at radius 2 is 1.96 bits per heavy atom. The van der Waals surface area contributed by atoms with Crippen LogP contribution in [0.25, 0.3) is 0 Å². The van der Waals surface area contributed by atoms with E-state index in [1.807, 2.05) is 31.3 Å². The van der Waals surface area contributed by atoms with Crippen molar-refractivity contribution in [3.8, 4) is 0 Å². The van der Waals surface area contributed by atoms with Crippen LogP contribution in [0, 0.1) is 0 Å².